The van der Waals surface area contributed by atoms with Crippen molar-refractivity contribution in [2.45, 2.75) is 50.7 Å². The van der Waals surface area contributed by atoms with Crippen LogP contribution in [0.5, 0.6) is 0 Å². The van der Waals surface area contributed by atoms with Crippen LogP contribution in [0.1, 0.15) is 30.4 Å². The largest absolute Gasteiger partial charge is 0.392 e. The molecule has 0 spiro atoms. The van der Waals surface area contributed by atoms with Crippen LogP contribution in [0.15, 0.2) is 24.3 Å². The number of benzene rings is 1. The van der Waals surface area contributed by atoms with E-state index in [-0.39, 0.29) is 6.61 Å². The third kappa shape index (κ3) is 3.46. The molecule has 1 saturated heterocycles. The molecule has 3 unspecified atom stereocenters. The molecule has 116 valence electrons. The lowest BCUT2D eigenvalue weighted by molar-refractivity contribution is -0.116. The Kier molecular flexibility index (Phi) is 4.91. The van der Waals surface area contributed by atoms with Crippen LogP contribution < -0.4 is 0 Å². The summed E-state index contributed by atoms with van der Waals surface area (Å²) in [4.78, 5) is 2.54. The van der Waals surface area contributed by atoms with Gasteiger partial charge in [0.05, 0.1) is 25.4 Å². The van der Waals surface area contributed by atoms with Gasteiger partial charge in [0, 0.05) is 26.2 Å². The van der Waals surface area contributed by atoms with Gasteiger partial charge in [-0.15, -0.1) is 0 Å². The van der Waals surface area contributed by atoms with Crippen LogP contribution >= 0.6 is 0 Å². The third-order valence-electron chi connectivity index (χ3n) is 4.81. The predicted octanol–water partition coefficient (Wildman–Crippen LogP) is 1.95. The number of hydrogen-bond acceptors (Lipinski definition) is 4. The van der Waals surface area contributed by atoms with Gasteiger partial charge in [-0.3, -0.25) is 4.90 Å². The first-order chi connectivity index (χ1) is 10.3. The van der Waals surface area contributed by atoms with Crippen molar-refractivity contribution in [2.24, 2.45) is 0 Å². The van der Waals surface area contributed by atoms with E-state index >= 15 is 0 Å². The van der Waals surface area contributed by atoms with Gasteiger partial charge in [0.15, 0.2) is 0 Å². The summed E-state index contributed by atoms with van der Waals surface area (Å²) in [6.07, 6.45) is 4.00. The molecule has 0 aromatic heterocycles. The maximum atomic E-state index is 9.12. The Labute approximate surface area is 126 Å². The molecule has 4 heteroatoms. The van der Waals surface area contributed by atoms with Gasteiger partial charge in [0.25, 0.3) is 0 Å². The van der Waals surface area contributed by atoms with Crippen molar-refractivity contribution in [3.63, 3.8) is 0 Å². The molecule has 0 radical (unpaired) electrons. The topological polar surface area (TPSA) is 41.9 Å². The predicted molar refractivity (Wildman–Crippen MR) is 81.0 cm³/mol. The average molecular weight is 291 g/mol. The van der Waals surface area contributed by atoms with Gasteiger partial charge in [-0.05, 0) is 30.4 Å². The number of rotatable bonds is 4. The van der Waals surface area contributed by atoms with E-state index in [2.05, 4.69) is 17.0 Å². The number of morpholine rings is 1. The van der Waals surface area contributed by atoms with Crippen LogP contribution in [-0.2, 0) is 22.6 Å². The van der Waals surface area contributed by atoms with Crippen LogP contribution in [0.25, 0.3) is 0 Å². The fourth-order valence-electron chi connectivity index (χ4n) is 3.54. The quantitative estimate of drug-likeness (QED) is 0.920. The Morgan fingerprint density at radius 1 is 1.24 bits per heavy atom. The number of aliphatic hydroxyl groups excluding tert-OH is 1. The maximum absolute atomic E-state index is 9.12. The number of hydrogen-bond donors (Lipinski definition) is 1. The highest BCUT2D eigenvalue weighted by atomic mass is 16.5. The van der Waals surface area contributed by atoms with E-state index < -0.39 is 0 Å². The summed E-state index contributed by atoms with van der Waals surface area (Å²) in [5.41, 5.74) is 2.27. The zero-order valence-corrected chi connectivity index (χ0v) is 12.7. The van der Waals surface area contributed by atoms with Crippen LogP contribution in [0.2, 0.25) is 0 Å². The van der Waals surface area contributed by atoms with Gasteiger partial charge < -0.3 is 14.6 Å². The first-order valence-corrected chi connectivity index (χ1v) is 7.87. The lowest BCUT2D eigenvalue weighted by Gasteiger charge is -2.45. The van der Waals surface area contributed by atoms with Gasteiger partial charge in [-0.25, -0.2) is 0 Å². The Balaban J connectivity index is 1.67. The molecule has 1 N–H and O–H groups in total. The Morgan fingerprint density at radius 2 is 2.00 bits per heavy atom. The highest BCUT2D eigenvalue weighted by Crippen LogP contribution is 2.30. The third-order valence-corrected chi connectivity index (χ3v) is 4.81. The molecular weight excluding hydrogens is 266 g/mol. The smallest absolute Gasteiger partial charge is 0.0732 e. The lowest BCUT2D eigenvalue weighted by atomic mass is 9.87. The number of nitrogens with zero attached hydrogens (tertiary/aromatic N) is 1. The molecule has 1 aliphatic heterocycles. The van der Waals surface area contributed by atoms with E-state index in [0.717, 1.165) is 44.5 Å². The molecule has 0 amide bonds. The standard InChI is InChI=1S/C17H25NO3/c1-20-15-6-7-17-16(10-15)18(8-9-21-17)11-13-2-4-14(12-19)5-3-13/h2-5,15-17,19H,6-12H2,1H3. The van der Waals surface area contributed by atoms with Crippen molar-refractivity contribution in [1.82, 2.24) is 4.90 Å². The van der Waals surface area contributed by atoms with E-state index in [1.165, 1.54) is 5.56 Å². The summed E-state index contributed by atoms with van der Waals surface area (Å²) in [6.45, 7) is 2.87. The van der Waals surface area contributed by atoms with Crippen LogP contribution in [0.4, 0.5) is 0 Å². The highest BCUT2D eigenvalue weighted by molar-refractivity contribution is 5.22. The molecule has 0 bridgehead atoms. The van der Waals surface area contributed by atoms with Crippen molar-refractivity contribution in [3.05, 3.63) is 35.4 Å². The van der Waals surface area contributed by atoms with Crippen LogP contribution in [-0.4, -0.2) is 48.5 Å². The molecule has 21 heavy (non-hydrogen) atoms. The van der Waals surface area contributed by atoms with Crippen molar-refractivity contribution in [1.29, 1.82) is 0 Å². The molecule has 1 aliphatic carbocycles. The minimum absolute atomic E-state index is 0.109. The second-order valence-corrected chi connectivity index (χ2v) is 6.09. The zero-order chi connectivity index (χ0) is 14.7. The molecule has 2 fully saturated rings. The molecule has 4 nitrogen and oxygen atoms in total. The molecule has 3 atom stereocenters. The molecule has 2 aliphatic rings. The Morgan fingerprint density at radius 3 is 2.71 bits per heavy atom. The van der Waals surface area contributed by atoms with E-state index in [1.807, 2.05) is 19.2 Å². The maximum Gasteiger partial charge on any atom is 0.0732 e. The summed E-state index contributed by atoms with van der Waals surface area (Å²) in [5.74, 6) is 0. The monoisotopic (exact) mass is 291 g/mol. The van der Waals surface area contributed by atoms with Gasteiger partial charge in [-0.1, -0.05) is 24.3 Å². The van der Waals surface area contributed by atoms with Crippen molar-refractivity contribution < 1.29 is 14.6 Å². The SMILES string of the molecule is COC1CCC2OCCN(Cc3ccc(CO)cc3)C2C1. The first kappa shape index (κ1) is 15.0. The number of ether oxygens (including phenoxy) is 2. The van der Waals surface area contributed by atoms with Crippen molar-refractivity contribution in [2.75, 3.05) is 20.3 Å². The van der Waals surface area contributed by atoms with Crippen molar-refractivity contribution >= 4 is 0 Å². The molecule has 1 saturated carbocycles. The number of fused-ring (bicyclic) bond motifs is 1. The summed E-state index contributed by atoms with van der Waals surface area (Å²) < 4.78 is 11.5. The normalized spacial score (nSPS) is 30.1. The summed E-state index contributed by atoms with van der Waals surface area (Å²) in [5, 5.41) is 9.12. The highest BCUT2D eigenvalue weighted by Gasteiger charge is 2.37. The lowest BCUT2D eigenvalue weighted by Crippen LogP contribution is -2.54. The van der Waals surface area contributed by atoms with Crippen molar-refractivity contribution in [3.8, 4) is 0 Å². The molecule has 3 rings (SSSR count). The summed E-state index contributed by atoms with van der Waals surface area (Å²) in [7, 11) is 1.81. The number of aliphatic hydroxyl groups is 1. The zero-order valence-electron chi connectivity index (χ0n) is 12.7. The second kappa shape index (κ2) is 6.88. The fraction of sp³-hybridized carbons (Fsp3) is 0.647. The molecule has 1 heterocycles. The number of methoxy groups -OCH3 is 1. The van der Waals surface area contributed by atoms with Gasteiger partial charge in [-0.2, -0.15) is 0 Å². The van der Waals surface area contributed by atoms with E-state index in [1.54, 1.807) is 0 Å². The molecular formula is C17H25NO3. The minimum Gasteiger partial charge on any atom is -0.392 e. The van der Waals surface area contributed by atoms with Gasteiger partial charge in [0.2, 0.25) is 0 Å². The fourth-order valence-corrected chi connectivity index (χ4v) is 3.54. The van der Waals surface area contributed by atoms with Crippen LogP contribution in [0.3, 0.4) is 0 Å². The van der Waals surface area contributed by atoms with Gasteiger partial charge in [0.1, 0.15) is 0 Å². The summed E-state index contributed by atoms with van der Waals surface area (Å²) in [6, 6.07) is 8.72. The Hall–Kier alpha value is -0.940. The van der Waals surface area contributed by atoms with E-state index in [0.29, 0.717) is 18.2 Å². The second-order valence-electron chi connectivity index (χ2n) is 6.09. The van der Waals surface area contributed by atoms with Gasteiger partial charge >= 0.3 is 0 Å². The summed E-state index contributed by atoms with van der Waals surface area (Å²) >= 11 is 0. The van der Waals surface area contributed by atoms with Crippen LogP contribution in [0, 0.1) is 0 Å². The Bertz CT molecular complexity index is 448. The molecule has 1 aromatic rings. The minimum atomic E-state index is 0.109. The molecule has 1 aromatic carbocycles. The first-order valence-electron chi connectivity index (χ1n) is 7.87. The average Bonchev–Trinajstić information content (AvgIpc) is 2.55. The van der Waals surface area contributed by atoms with E-state index in [4.69, 9.17) is 14.6 Å². The van der Waals surface area contributed by atoms with E-state index in [9.17, 15) is 0 Å².